The van der Waals surface area contributed by atoms with Crippen LogP contribution in [0.1, 0.15) is 39.2 Å². The van der Waals surface area contributed by atoms with Gasteiger partial charge in [-0.1, -0.05) is 37.8 Å². The van der Waals surface area contributed by atoms with Crippen molar-refractivity contribution in [3.63, 3.8) is 0 Å². The number of ether oxygens (including phenoxy) is 2. The van der Waals surface area contributed by atoms with E-state index in [2.05, 4.69) is 36.0 Å². The number of piperidine rings is 1. The van der Waals surface area contributed by atoms with Gasteiger partial charge in [0.15, 0.2) is 0 Å². The average molecular weight is 549 g/mol. The number of aromatic nitrogens is 3. The van der Waals surface area contributed by atoms with Crippen molar-refractivity contribution in [2.45, 2.75) is 77.7 Å². The molecule has 1 aromatic carbocycles. The summed E-state index contributed by atoms with van der Waals surface area (Å²) in [6, 6.07) is 13.5. The first-order valence-corrected chi connectivity index (χ1v) is 17.3. The van der Waals surface area contributed by atoms with Gasteiger partial charge in [-0.05, 0) is 51.8 Å². The number of amides is 1. The SMILES string of the molecule is CC(C)(C)OC(=O)N1CCC(Nc2cc(-c3nn(COCC[Si](C)(C)C)c4ccccc34)c(C#N)cn2)CC1. The van der Waals surface area contributed by atoms with Crippen LogP contribution in [0.4, 0.5) is 10.6 Å². The van der Waals surface area contributed by atoms with Gasteiger partial charge >= 0.3 is 6.09 Å². The number of fused-ring (bicyclic) bond motifs is 1. The molecule has 2 aromatic heterocycles. The first-order chi connectivity index (χ1) is 18.4. The van der Waals surface area contributed by atoms with Crippen LogP contribution in [0.2, 0.25) is 25.7 Å². The van der Waals surface area contributed by atoms with E-state index in [-0.39, 0.29) is 12.1 Å². The lowest BCUT2D eigenvalue weighted by Gasteiger charge is -2.34. The third-order valence-corrected chi connectivity index (χ3v) is 8.35. The minimum absolute atomic E-state index is 0.158. The Labute approximate surface area is 232 Å². The van der Waals surface area contributed by atoms with Crippen LogP contribution < -0.4 is 5.32 Å². The number of hydrogen-bond donors (Lipinski definition) is 1. The van der Waals surface area contributed by atoms with Crippen LogP contribution in [0.15, 0.2) is 36.5 Å². The Morgan fingerprint density at radius 2 is 1.92 bits per heavy atom. The molecule has 3 heterocycles. The summed E-state index contributed by atoms with van der Waals surface area (Å²) in [5.41, 5.74) is 2.40. The lowest BCUT2D eigenvalue weighted by Crippen LogP contribution is -2.44. The Bertz CT molecular complexity index is 1340. The summed E-state index contributed by atoms with van der Waals surface area (Å²) in [6.07, 6.45) is 2.89. The quantitative estimate of drug-likeness (QED) is 0.268. The molecule has 1 amide bonds. The van der Waals surface area contributed by atoms with Crippen molar-refractivity contribution in [2.24, 2.45) is 0 Å². The molecule has 1 saturated heterocycles. The molecule has 0 atom stereocenters. The van der Waals surface area contributed by atoms with Gasteiger partial charge < -0.3 is 19.7 Å². The van der Waals surface area contributed by atoms with Gasteiger partial charge in [0.05, 0.1) is 11.1 Å². The molecule has 1 aliphatic heterocycles. The molecular formula is C29H40N6O3Si. The highest BCUT2D eigenvalue weighted by Gasteiger charge is 2.27. The normalized spacial score (nSPS) is 14.8. The van der Waals surface area contributed by atoms with Crippen LogP contribution in [0, 0.1) is 11.3 Å². The van der Waals surface area contributed by atoms with Crippen molar-refractivity contribution in [1.29, 1.82) is 5.26 Å². The van der Waals surface area contributed by atoms with E-state index in [0.717, 1.165) is 41.0 Å². The number of anilines is 1. The van der Waals surface area contributed by atoms with Gasteiger partial charge in [-0.15, -0.1) is 0 Å². The molecule has 10 heteroatoms. The summed E-state index contributed by atoms with van der Waals surface area (Å²) >= 11 is 0. The summed E-state index contributed by atoms with van der Waals surface area (Å²) < 4.78 is 13.4. The summed E-state index contributed by atoms with van der Waals surface area (Å²) in [6.45, 7) is 14.9. The second-order valence-corrected chi connectivity index (χ2v) is 17.9. The Balaban J connectivity index is 1.50. The number of nitrogens with one attached hydrogen (secondary N) is 1. The van der Waals surface area contributed by atoms with Crippen molar-refractivity contribution < 1.29 is 14.3 Å². The predicted octanol–water partition coefficient (Wildman–Crippen LogP) is 6.09. The molecule has 39 heavy (non-hydrogen) atoms. The predicted molar refractivity (Wildman–Crippen MR) is 156 cm³/mol. The lowest BCUT2D eigenvalue weighted by atomic mass is 10.0. The number of carbonyl (C=O) groups is 1. The Kier molecular flexibility index (Phi) is 8.62. The molecule has 1 fully saturated rings. The number of carbonyl (C=O) groups excluding carboxylic acids is 1. The van der Waals surface area contributed by atoms with E-state index in [4.69, 9.17) is 14.6 Å². The second-order valence-electron chi connectivity index (χ2n) is 12.3. The molecule has 0 unspecified atom stereocenters. The van der Waals surface area contributed by atoms with E-state index in [1.54, 1.807) is 11.1 Å². The van der Waals surface area contributed by atoms with Crippen LogP contribution in [0.5, 0.6) is 0 Å². The zero-order valence-corrected chi connectivity index (χ0v) is 25.0. The smallest absolute Gasteiger partial charge is 0.410 e. The zero-order valence-electron chi connectivity index (χ0n) is 24.0. The van der Waals surface area contributed by atoms with Gasteiger partial charge in [-0.2, -0.15) is 10.4 Å². The molecule has 0 spiro atoms. The molecule has 208 valence electrons. The monoisotopic (exact) mass is 548 g/mol. The fourth-order valence-electron chi connectivity index (χ4n) is 4.52. The molecule has 1 aliphatic rings. The van der Waals surface area contributed by atoms with Crippen molar-refractivity contribution in [3.05, 3.63) is 42.1 Å². The summed E-state index contributed by atoms with van der Waals surface area (Å²) in [5.74, 6) is 0.685. The van der Waals surface area contributed by atoms with E-state index < -0.39 is 13.7 Å². The standard InChI is InChI=1S/C29H40N6O3Si/c1-29(2,3)38-28(36)34-13-11-22(12-14-34)32-26-17-24(21(18-30)19-31-26)27-23-9-7-8-10-25(23)35(33-27)20-37-15-16-39(4,5)6/h7-10,17,19,22H,11-16,20H2,1-6H3,(H,31,32). The minimum atomic E-state index is -1.18. The van der Waals surface area contributed by atoms with Crippen LogP contribution >= 0.6 is 0 Å². The maximum atomic E-state index is 12.4. The number of nitriles is 1. The Hall–Kier alpha value is -3.42. The van der Waals surface area contributed by atoms with E-state index in [9.17, 15) is 10.1 Å². The molecule has 0 radical (unpaired) electrons. The number of hydrogen-bond acceptors (Lipinski definition) is 7. The molecular weight excluding hydrogens is 508 g/mol. The van der Waals surface area contributed by atoms with Gasteiger partial charge in [0.2, 0.25) is 0 Å². The highest BCUT2D eigenvalue weighted by atomic mass is 28.3. The fourth-order valence-corrected chi connectivity index (χ4v) is 5.27. The molecule has 9 nitrogen and oxygen atoms in total. The zero-order chi connectivity index (χ0) is 28.2. The highest BCUT2D eigenvalue weighted by Crippen LogP contribution is 2.32. The number of nitrogens with zero attached hydrogens (tertiary/aromatic N) is 5. The minimum Gasteiger partial charge on any atom is -0.444 e. The average Bonchev–Trinajstić information content (AvgIpc) is 3.24. The number of pyridine rings is 1. The maximum absolute atomic E-state index is 12.4. The second kappa shape index (κ2) is 11.8. The van der Waals surface area contributed by atoms with Gasteiger partial charge in [0.1, 0.15) is 29.9 Å². The van der Waals surface area contributed by atoms with Gasteiger partial charge in [0.25, 0.3) is 0 Å². The van der Waals surface area contributed by atoms with Gasteiger partial charge in [-0.3, -0.25) is 0 Å². The van der Waals surface area contributed by atoms with Crippen LogP contribution in [-0.4, -0.2) is 65.2 Å². The highest BCUT2D eigenvalue weighted by molar-refractivity contribution is 6.76. The number of para-hydroxylation sites is 1. The fraction of sp³-hybridized carbons (Fsp3) is 0.517. The first-order valence-electron chi connectivity index (χ1n) is 13.6. The van der Waals surface area contributed by atoms with Gasteiger partial charge in [-0.25, -0.2) is 14.5 Å². The number of rotatable bonds is 8. The topological polar surface area (TPSA) is 105 Å². The number of likely N-dealkylation sites (tertiary alicyclic amines) is 1. The molecule has 1 N–H and O–H groups in total. The molecule has 4 rings (SSSR count). The van der Waals surface area contributed by atoms with Crippen LogP contribution in [0.25, 0.3) is 22.2 Å². The third kappa shape index (κ3) is 7.58. The lowest BCUT2D eigenvalue weighted by molar-refractivity contribution is 0.0210. The first kappa shape index (κ1) is 28.6. The van der Waals surface area contributed by atoms with E-state index in [1.165, 1.54) is 0 Å². The Morgan fingerprint density at radius 1 is 1.21 bits per heavy atom. The Morgan fingerprint density at radius 3 is 2.59 bits per heavy atom. The summed E-state index contributed by atoms with van der Waals surface area (Å²) in [5, 5.41) is 19.2. The van der Waals surface area contributed by atoms with E-state index >= 15 is 0 Å². The molecule has 3 aromatic rings. The van der Waals surface area contributed by atoms with Crippen molar-refractivity contribution in [1.82, 2.24) is 19.7 Å². The largest absolute Gasteiger partial charge is 0.444 e. The van der Waals surface area contributed by atoms with Gasteiger partial charge in [0, 0.05) is 51.0 Å². The van der Waals surface area contributed by atoms with Crippen molar-refractivity contribution in [2.75, 3.05) is 25.0 Å². The summed E-state index contributed by atoms with van der Waals surface area (Å²) in [7, 11) is -1.18. The number of benzene rings is 1. The van der Waals surface area contributed by atoms with E-state index in [1.807, 2.05) is 55.8 Å². The molecule has 0 aliphatic carbocycles. The third-order valence-electron chi connectivity index (χ3n) is 6.65. The summed E-state index contributed by atoms with van der Waals surface area (Å²) in [4.78, 5) is 18.7. The van der Waals surface area contributed by atoms with Crippen LogP contribution in [0.3, 0.4) is 0 Å². The molecule has 0 saturated carbocycles. The van der Waals surface area contributed by atoms with Crippen LogP contribution in [-0.2, 0) is 16.2 Å². The molecule has 0 bridgehead atoms. The maximum Gasteiger partial charge on any atom is 0.410 e. The van der Waals surface area contributed by atoms with Crippen molar-refractivity contribution in [3.8, 4) is 17.3 Å². The van der Waals surface area contributed by atoms with Crippen molar-refractivity contribution >= 4 is 30.9 Å². The van der Waals surface area contributed by atoms with E-state index in [0.29, 0.717) is 37.8 Å².